The van der Waals surface area contributed by atoms with Crippen molar-refractivity contribution in [2.45, 2.75) is 0 Å². The first-order valence-corrected chi connectivity index (χ1v) is 11.3. The van der Waals surface area contributed by atoms with Gasteiger partial charge in [-0.05, 0) is 59.3 Å². The molecule has 0 radical (unpaired) electrons. The van der Waals surface area contributed by atoms with Crippen molar-refractivity contribution >= 4 is 65.8 Å². The van der Waals surface area contributed by atoms with Crippen molar-refractivity contribution in [3.63, 3.8) is 0 Å². The molecule has 3 aromatic heterocycles. The monoisotopic (exact) mass is 435 g/mol. The van der Waals surface area contributed by atoms with Gasteiger partial charge in [-0.1, -0.05) is 54.6 Å². The molecule has 0 saturated carbocycles. The lowest BCUT2D eigenvalue weighted by Crippen LogP contribution is -1.93. The molecule has 8 rings (SSSR count). The van der Waals surface area contributed by atoms with Crippen LogP contribution in [0.1, 0.15) is 0 Å². The first kappa shape index (κ1) is 17.8. The zero-order valence-electron chi connectivity index (χ0n) is 18.1. The summed E-state index contributed by atoms with van der Waals surface area (Å²) < 4.78 is 8.42. The average Bonchev–Trinajstić information content (AvgIpc) is 3.40. The smallest absolute Gasteiger partial charge is 0.246 e. The van der Waals surface area contributed by atoms with Crippen LogP contribution in [-0.4, -0.2) is 14.5 Å². The van der Waals surface area contributed by atoms with Crippen LogP contribution < -0.4 is 0 Å². The van der Waals surface area contributed by atoms with E-state index in [1.54, 1.807) is 0 Å². The lowest BCUT2D eigenvalue weighted by atomic mass is 10.1. The molecule has 0 atom stereocenters. The molecule has 8 aromatic rings. The third-order valence-electron chi connectivity index (χ3n) is 6.76. The van der Waals surface area contributed by atoms with Crippen molar-refractivity contribution in [1.82, 2.24) is 14.5 Å². The Morgan fingerprint density at radius 1 is 0.559 bits per heavy atom. The van der Waals surface area contributed by atoms with E-state index in [1.165, 1.54) is 32.6 Å². The molecule has 0 aliphatic heterocycles. The van der Waals surface area contributed by atoms with Crippen LogP contribution in [0.4, 0.5) is 0 Å². The quantitative estimate of drug-likeness (QED) is 0.264. The van der Waals surface area contributed by atoms with E-state index in [1.807, 2.05) is 30.3 Å². The SMILES string of the molecule is c1ccc2cc3c(cc2c1)c1ccccc1n3-c1ccc2oc3nc4ccccc4nc3c2c1. The highest BCUT2D eigenvalue weighted by molar-refractivity contribution is 6.14. The molecule has 4 heteroatoms. The van der Waals surface area contributed by atoms with Crippen LogP contribution in [0, 0.1) is 0 Å². The van der Waals surface area contributed by atoms with Gasteiger partial charge in [-0.2, -0.15) is 0 Å². The molecule has 0 bridgehead atoms. The van der Waals surface area contributed by atoms with Crippen LogP contribution in [-0.2, 0) is 0 Å². The standard InChI is InChI=1S/C30H17N3O/c1-2-8-19-16-27-22(15-18(19)7-1)21-9-3-6-12-26(21)33(27)20-13-14-28-23(17-20)29-30(34-28)32-25-11-5-4-10-24(25)31-29/h1-17H. The minimum Gasteiger partial charge on any atom is -0.436 e. The number of para-hydroxylation sites is 3. The predicted molar refractivity (Wildman–Crippen MR) is 139 cm³/mol. The van der Waals surface area contributed by atoms with E-state index in [9.17, 15) is 0 Å². The molecule has 0 spiro atoms. The van der Waals surface area contributed by atoms with Crippen LogP contribution in [0.25, 0.3) is 71.5 Å². The molecule has 0 saturated heterocycles. The summed E-state index contributed by atoms with van der Waals surface area (Å²) in [5.41, 5.74) is 7.29. The summed E-state index contributed by atoms with van der Waals surface area (Å²) in [5, 5.41) is 5.93. The average molecular weight is 435 g/mol. The van der Waals surface area contributed by atoms with Gasteiger partial charge in [0.15, 0.2) is 0 Å². The van der Waals surface area contributed by atoms with Gasteiger partial charge in [0.25, 0.3) is 0 Å². The molecule has 158 valence electrons. The highest BCUT2D eigenvalue weighted by Gasteiger charge is 2.16. The second-order valence-corrected chi connectivity index (χ2v) is 8.72. The van der Waals surface area contributed by atoms with Crippen molar-refractivity contribution in [3.8, 4) is 5.69 Å². The van der Waals surface area contributed by atoms with E-state index in [4.69, 9.17) is 14.4 Å². The van der Waals surface area contributed by atoms with Gasteiger partial charge in [-0.25, -0.2) is 9.97 Å². The maximum Gasteiger partial charge on any atom is 0.246 e. The zero-order valence-corrected chi connectivity index (χ0v) is 18.1. The Morgan fingerprint density at radius 3 is 2.18 bits per heavy atom. The van der Waals surface area contributed by atoms with E-state index in [2.05, 4.69) is 77.4 Å². The fourth-order valence-electron chi connectivity index (χ4n) is 5.20. The van der Waals surface area contributed by atoms with Gasteiger partial charge in [0, 0.05) is 16.5 Å². The number of hydrogen-bond acceptors (Lipinski definition) is 3. The summed E-state index contributed by atoms with van der Waals surface area (Å²) >= 11 is 0. The normalized spacial score (nSPS) is 12.1. The Balaban J connectivity index is 1.48. The Hall–Kier alpha value is -4.70. The summed E-state index contributed by atoms with van der Waals surface area (Å²) in [6.07, 6.45) is 0. The Morgan fingerprint density at radius 2 is 1.29 bits per heavy atom. The summed E-state index contributed by atoms with van der Waals surface area (Å²) in [6, 6.07) is 35.9. The van der Waals surface area contributed by atoms with Crippen LogP contribution in [0.5, 0.6) is 0 Å². The molecule has 5 aromatic carbocycles. The lowest BCUT2D eigenvalue weighted by Gasteiger charge is -2.08. The molecule has 4 nitrogen and oxygen atoms in total. The van der Waals surface area contributed by atoms with Crippen LogP contribution in [0.3, 0.4) is 0 Å². The van der Waals surface area contributed by atoms with Gasteiger partial charge in [-0.15, -0.1) is 0 Å². The van der Waals surface area contributed by atoms with E-state index < -0.39 is 0 Å². The van der Waals surface area contributed by atoms with Crippen LogP contribution in [0.2, 0.25) is 0 Å². The third-order valence-corrected chi connectivity index (χ3v) is 6.76. The second-order valence-electron chi connectivity index (χ2n) is 8.72. The number of fused-ring (bicyclic) bond motifs is 8. The molecule has 34 heavy (non-hydrogen) atoms. The molecule has 0 aliphatic rings. The van der Waals surface area contributed by atoms with E-state index in [0.717, 1.165) is 33.2 Å². The minimum absolute atomic E-state index is 0.569. The fraction of sp³-hybridized carbons (Fsp3) is 0. The van der Waals surface area contributed by atoms with Gasteiger partial charge in [0.05, 0.1) is 27.5 Å². The predicted octanol–water partition coefficient (Wildman–Crippen LogP) is 7.78. The number of furan rings is 1. The minimum atomic E-state index is 0.569. The van der Waals surface area contributed by atoms with Crippen LogP contribution >= 0.6 is 0 Å². The molecule has 0 unspecified atom stereocenters. The molecular weight excluding hydrogens is 418 g/mol. The second kappa shape index (κ2) is 6.42. The summed E-state index contributed by atoms with van der Waals surface area (Å²) in [7, 11) is 0. The van der Waals surface area contributed by atoms with Gasteiger partial charge < -0.3 is 8.98 Å². The number of nitrogens with zero attached hydrogens (tertiary/aromatic N) is 3. The van der Waals surface area contributed by atoms with Gasteiger partial charge in [0.1, 0.15) is 11.1 Å². The first-order chi connectivity index (χ1) is 16.8. The number of aromatic nitrogens is 3. The number of benzene rings is 5. The first-order valence-electron chi connectivity index (χ1n) is 11.3. The Bertz CT molecular complexity index is 2080. The molecule has 3 heterocycles. The van der Waals surface area contributed by atoms with Crippen molar-refractivity contribution in [2.24, 2.45) is 0 Å². The van der Waals surface area contributed by atoms with Crippen molar-refractivity contribution in [2.75, 3.05) is 0 Å². The Labute approximate surface area is 193 Å². The number of hydrogen-bond donors (Lipinski definition) is 0. The van der Waals surface area contributed by atoms with Crippen molar-refractivity contribution in [1.29, 1.82) is 0 Å². The van der Waals surface area contributed by atoms with Crippen LogP contribution in [0.15, 0.2) is 108 Å². The molecule has 0 fully saturated rings. The molecule has 0 amide bonds. The summed E-state index contributed by atoms with van der Waals surface area (Å²) in [5.74, 6) is 0. The summed E-state index contributed by atoms with van der Waals surface area (Å²) in [4.78, 5) is 9.59. The van der Waals surface area contributed by atoms with E-state index in [-0.39, 0.29) is 0 Å². The van der Waals surface area contributed by atoms with Gasteiger partial charge in [0.2, 0.25) is 5.71 Å². The van der Waals surface area contributed by atoms with Gasteiger partial charge >= 0.3 is 0 Å². The maximum absolute atomic E-state index is 6.08. The highest BCUT2D eigenvalue weighted by atomic mass is 16.3. The zero-order chi connectivity index (χ0) is 22.2. The molecular formula is C30H17N3O. The topological polar surface area (TPSA) is 43.9 Å². The maximum atomic E-state index is 6.08. The van der Waals surface area contributed by atoms with Crippen molar-refractivity contribution < 1.29 is 4.42 Å². The van der Waals surface area contributed by atoms with Crippen molar-refractivity contribution in [3.05, 3.63) is 103 Å². The molecule has 0 aliphatic carbocycles. The molecule has 0 N–H and O–H groups in total. The Kier molecular flexibility index (Phi) is 3.36. The lowest BCUT2D eigenvalue weighted by molar-refractivity contribution is 0.655. The van der Waals surface area contributed by atoms with Gasteiger partial charge in [-0.3, -0.25) is 0 Å². The number of rotatable bonds is 1. The van der Waals surface area contributed by atoms with E-state index in [0.29, 0.717) is 5.71 Å². The highest BCUT2D eigenvalue weighted by Crippen LogP contribution is 2.36. The third kappa shape index (κ3) is 2.37. The largest absolute Gasteiger partial charge is 0.436 e. The van der Waals surface area contributed by atoms with E-state index >= 15 is 0 Å². The summed E-state index contributed by atoms with van der Waals surface area (Å²) in [6.45, 7) is 0. The fourth-order valence-corrected chi connectivity index (χ4v) is 5.20.